The van der Waals surface area contributed by atoms with Gasteiger partial charge < -0.3 is 20.1 Å². The molecule has 6 nitrogen and oxygen atoms in total. The molecule has 1 aromatic rings. The van der Waals surface area contributed by atoms with Gasteiger partial charge in [0.25, 0.3) is 0 Å². The number of carbonyl (C=O) groups is 2. The van der Waals surface area contributed by atoms with Gasteiger partial charge in [-0.15, -0.1) is 11.3 Å². The fourth-order valence-corrected chi connectivity index (χ4v) is 3.17. The molecule has 0 fully saturated rings. The number of hydrogen-bond acceptors (Lipinski definition) is 4. The molecule has 1 aromatic heterocycles. The number of thiophene rings is 1. The molecule has 0 saturated carbocycles. The number of fused-ring (bicyclic) bond motifs is 1. The molecule has 2 heterocycles. The van der Waals surface area contributed by atoms with Crippen molar-refractivity contribution in [1.29, 1.82) is 0 Å². The summed E-state index contributed by atoms with van der Waals surface area (Å²) >= 11 is 1.54. The highest BCUT2D eigenvalue weighted by Gasteiger charge is 2.36. The van der Waals surface area contributed by atoms with E-state index in [-0.39, 0.29) is 6.03 Å². The van der Waals surface area contributed by atoms with Gasteiger partial charge >= 0.3 is 12.0 Å². The monoisotopic (exact) mass is 312 g/mol. The van der Waals surface area contributed by atoms with Crippen molar-refractivity contribution in [3.05, 3.63) is 21.9 Å². The molecule has 1 unspecified atom stereocenters. The molecule has 0 aliphatic carbocycles. The van der Waals surface area contributed by atoms with Gasteiger partial charge in [0.1, 0.15) is 0 Å². The van der Waals surface area contributed by atoms with Crippen LogP contribution >= 0.6 is 11.3 Å². The highest BCUT2D eigenvalue weighted by molar-refractivity contribution is 7.10. The van der Waals surface area contributed by atoms with Gasteiger partial charge in [-0.25, -0.2) is 9.59 Å². The van der Waals surface area contributed by atoms with Crippen LogP contribution < -0.4 is 5.32 Å². The van der Waals surface area contributed by atoms with E-state index < -0.39 is 17.6 Å². The van der Waals surface area contributed by atoms with Gasteiger partial charge in [0.05, 0.1) is 5.60 Å². The first-order valence-electron chi connectivity index (χ1n) is 6.74. The first-order valence-corrected chi connectivity index (χ1v) is 7.62. The van der Waals surface area contributed by atoms with Crippen molar-refractivity contribution in [2.24, 2.45) is 0 Å². The Kier molecular flexibility index (Phi) is 4.53. The number of hydrogen-bond donors (Lipinski definition) is 2. The molecule has 1 aliphatic rings. The molecule has 0 radical (unpaired) electrons. The van der Waals surface area contributed by atoms with Gasteiger partial charge in [0, 0.05) is 25.1 Å². The normalized spacial score (nSPS) is 18.2. The maximum absolute atomic E-state index is 12.3. The Hall–Kier alpha value is -1.60. The average molecular weight is 312 g/mol. The number of carboxylic acids is 1. The first kappa shape index (κ1) is 15.8. The number of nitrogens with one attached hydrogen (secondary N) is 1. The third-order valence-electron chi connectivity index (χ3n) is 3.68. The van der Waals surface area contributed by atoms with Crippen LogP contribution in [0, 0.1) is 0 Å². The van der Waals surface area contributed by atoms with Crippen LogP contribution in [-0.2, 0) is 16.0 Å². The Bertz CT molecular complexity index is 541. The van der Waals surface area contributed by atoms with E-state index in [1.54, 1.807) is 13.2 Å². The summed E-state index contributed by atoms with van der Waals surface area (Å²) in [6, 6.07) is 0.507. The molecule has 0 spiro atoms. The van der Waals surface area contributed by atoms with E-state index in [9.17, 15) is 14.7 Å². The minimum Gasteiger partial charge on any atom is -0.479 e. The SMILES string of the molecule is COC(C)(C)CNC(=O)N1CCc2sccc2C1C(=O)O. The summed E-state index contributed by atoms with van der Waals surface area (Å²) in [5.74, 6) is -1.00. The Morgan fingerprint density at radius 3 is 2.90 bits per heavy atom. The number of ether oxygens (including phenoxy) is 1. The van der Waals surface area contributed by atoms with Crippen LogP contribution in [0.25, 0.3) is 0 Å². The van der Waals surface area contributed by atoms with Gasteiger partial charge in [-0.2, -0.15) is 0 Å². The number of methoxy groups -OCH3 is 1. The number of nitrogens with zero attached hydrogens (tertiary/aromatic N) is 1. The highest BCUT2D eigenvalue weighted by Crippen LogP contribution is 2.33. The zero-order valence-corrected chi connectivity index (χ0v) is 13.2. The average Bonchev–Trinajstić information content (AvgIpc) is 2.91. The molecule has 2 N–H and O–H groups in total. The minimum absolute atomic E-state index is 0.321. The summed E-state index contributed by atoms with van der Waals surface area (Å²) in [5.41, 5.74) is 0.234. The van der Waals surface area contributed by atoms with Crippen molar-refractivity contribution in [2.45, 2.75) is 31.9 Å². The fraction of sp³-hybridized carbons (Fsp3) is 0.571. The number of rotatable bonds is 4. The second kappa shape index (κ2) is 6.03. The summed E-state index contributed by atoms with van der Waals surface area (Å²) < 4.78 is 5.25. The van der Waals surface area contributed by atoms with Crippen molar-refractivity contribution in [3.63, 3.8) is 0 Å². The molecule has 0 saturated heterocycles. The topological polar surface area (TPSA) is 78.9 Å². The van der Waals surface area contributed by atoms with Crippen LogP contribution in [0.4, 0.5) is 4.79 Å². The summed E-state index contributed by atoms with van der Waals surface area (Å²) in [6.07, 6.45) is 0.692. The lowest BCUT2D eigenvalue weighted by Crippen LogP contribution is -2.50. The van der Waals surface area contributed by atoms with Crippen LogP contribution in [-0.4, -0.2) is 47.8 Å². The number of carboxylic acid groups (broad SMARTS) is 1. The summed E-state index contributed by atoms with van der Waals surface area (Å²) in [4.78, 5) is 26.3. The number of carbonyl (C=O) groups excluding carboxylic acids is 1. The molecule has 0 aromatic carbocycles. The van der Waals surface area contributed by atoms with Crippen LogP contribution in [0.5, 0.6) is 0 Å². The lowest BCUT2D eigenvalue weighted by atomic mass is 10.0. The Balaban J connectivity index is 2.12. The molecule has 116 valence electrons. The van der Waals surface area contributed by atoms with E-state index in [0.29, 0.717) is 19.5 Å². The summed E-state index contributed by atoms with van der Waals surface area (Å²) in [7, 11) is 1.57. The molecule has 0 bridgehead atoms. The van der Waals surface area contributed by atoms with Crippen LogP contribution in [0.2, 0.25) is 0 Å². The van der Waals surface area contributed by atoms with Gasteiger partial charge in [0.2, 0.25) is 0 Å². The summed E-state index contributed by atoms with van der Waals surface area (Å²) in [6.45, 7) is 4.44. The molecule has 2 amide bonds. The van der Waals surface area contributed by atoms with E-state index in [0.717, 1.165) is 10.4 Å². The minimum atomic E-state index is -1.00. The lowest BCUT2D eigenvalue weighted by molar-refractivity contribution is -0.142. The molecule has 2 rings (SSSR count). The van der Waals surface area contributed by atoms with Crippen LogP contribution in [0.3, 0.4) is 0 Å². The van der Waals surface area contributed by atoms with Gasteiger partial charge in [-0.1, -0.05) is 0 Å². The van der Waals surface area contributed by atoms with Crippen LogP contribution in [0.15, 0.2) is 11.4 Å². The zero-order chi connectivity index (χ0) is 15.6. The third-order valence-corrected chi connectivity index (χ3v) is 4.68. The maximum atomic E-state index is 12.3. The third kappa shape index (κ3) is 3.36. The van der Waals surface area contributed by atoms with Crippen molar-refractivity contribution in [1.82, 2.24) is 10.2 Å². The zero-order valence-electron chi connectivity index (χ0n) is 12.4. The molecule has 1 aliphatic heterocycles. The van der Waals surface area contributed by atoms with Gasteiger partial charge in [0.15, 0.2) is 6.04 Å². The predicted molar refractivity (Wildman–Crippen MR) is 79.6 cm³/mol. The van der Waals surface area contributed by atoms with Gasteiger partial charge in [-0.05, 0) is 37.3 Å². The van der Waals surface area contributed by atoms with Crippen molar-refractivity contribution in [2.75, 3.05) is 20.2 Å². The Morgan fingerprint density at radius 1 is 1.57 bits per heavy atom. The lowest BCUT2D eigenvalue weighted by Gasteiger charge is -2.34. The van der Waals surface area contributed by atoms with Crippen molar-refractivity contribution in [3.8, 4) is 0 Å². The van der Waals surface area contributed by atoms with E-state index in [4.69, 9.17) is 4.74 Å². The quantitative estimate of drug-likeness (QED) is 0.889. The van der Waals surface area contributed by atoms with E-state index in [1.165, 1.54) is 16.2 Å². The second-order valence-corrected chi connectivity index (χ2v) is 6.61. The molecule has 21 heavy (non-hydrogen) atoms. The highest BCUT2D eigenvalue weighted by atomic mass is 32.1. The van der Waals surface area contributed by atoms with E-state index in [1.807, 2.05) is 19.2 Å². The maximum Gasteiger partial charge on any atom is 0.331 e. The summed E-state index contributed by atoms with van der Waals surface area (Å²) in [5, 5.41) is 14.1. The second-order valence-electron chi connectivity index (χ2n) is 5.61. The Morgan fingerprint density at radius 2 is 2.29 bits per heavy atom. The van der Waals surface area contributed by atoms with E-state index >= 15 is 0 Å². The molecule has 7 heteroatoms. The number of urea groups is 1. The van der Waals surface area contributed by atoms with Gasteiger partial charge in [-0.3, -0.25) is 0 Å². The number of amides is 2. The molecular weight excluding hydrogens is 292 g/mol. The van der Waals surface area contributed by atoms with E-state index in [2.05, 4.69) is 5.32 Å². The predicted octanol–water partition coefficient (Wildman–Crippen LogP) is 1.87. The Labute approximate surface area is 127 Å². The fourth-order valence-electron chi connectivity index (χ4n) is 2.26. The van der Waals surface area contributed by atoms with Crippen LogP contribution in [0.1, 0.15) is 30.3 Å². The first-order chi connectivity index (χ1) is 9.85. The standard InChI is InChI=1S/C14H20N2O4S/c1-14(2,20-3)8-15-13(19)16-6-4-10-9(5-7-21-10)11(16)12(17)18/h5,7,11H,4,6,8H2,1-3H3,(H,15,19)(H,17,18). The number of aliphatic carboxylic acids is 1. The smallest absolute Gasteiger partial charge is 0.331 e. The molecular formula is C14H20N2O4S. The largest absolute Gasteiger partial charge is 0.479 e. The van der Waals surface area contributed by atoms with Crippen molar-refractivity contribution < 1.29 is 19.4 Å². The van der Waals surface area contributed by atoms with Crippen molar-refractivity contribution >= 4 is 23.3 Å². The molecule has 1 atom stereocenters.